The van der Waals surface area contributed by atoms with Crippen molar-refractivity contribution in [1.29, 1.82) is 0 Å². The molecule has 0 radical (unpaired) electrons. The maximum Gasteiger partial charge on any atom is 0.343 e. The topological polar surface area (TPSA) is 90.7 Å². The van der Waals surface area contributed by atoms with E-state index in [1.54, 1.807) is 6.07 Å². The minimum absolute atomic E-state index is 0.299. The summed E-state index contributed by atoms with van der Waals surface area (Å²) in [6, 6.07) is 9.23. The molecule has 1 heterocycles. The Balaban J connectivity index is 2.44. The molecule has 6 heteroatoms. The van der Waals surface area contributed by atoms with Crippen molar-refractivity contribution in [2.75, 3.05) is 18.0 Å². The fraction of sp³-hybridized carbons (Fsp3) is 0.235. The number of carbonyl (C=O) groups is 2. The maximum atomic E-state index is 10.9. The predicted molar refractivity (Wildman–Crippen MR) is 88.6 cm³/mol. The molecular weight excluding hydrogens is 296 g/mol. The summed E-state index contributed by atoms with van der Waals surface area (Å²) in [5.74, 6) is -2.98. The van der Waals surface area contributed by atoms with E-state index in [2.05, 4.69) is 23.7 Å². The summed E-state index contributed by atoms with van der Waals surface area (Å²) in [5, 5.41) is 18.7. The number of fused-ring (bicyclic) bond motifs is 1. The molecule has 2 N–H and O–H groups in total. The van der Waals surface area contributed by atoms with Crippen molar-refractivity contribution in [2.45, 2.75) is 13.8 Å². The molecule has 0 spiro atoms. The highest BCUT2D eigenvalue weighted by atomic mass is 16.4. The van der Waals surface area contributed by atoms with Gasteiger partial charge in [0, 0.05) is 24.2 Å². The van der Waals surface area contributed by atoms with Crippen LogP contribution in [0.4, 0.5) is 5.69 Å². The second kappa shape index (κ2) is 6.91. The van der Waals surface area contributed by atoms with Gasteiger partial charge in [0.15, 0.2) is 0 Å². The molecule has 0 aliphatic rings. The van der Waals surface area contributed by atoms with Crippen LogP contribution in [0.25, 0.3) is 17.0 Å². The fourth-order valence-corrected chi connectivity index (χ4v) is 2.36. The van der Waals surface area contributed by atoms with Crippen LogP contribution in [0.1, 0.15) is 19.5 Å². The van der Waals surface area contributed by atoms with E-state index < -0.39 is 17.5 Å². The molecule has 120 valence electrons. The van der Waals surface area contributed by atoms with Crippen LogP contribution in [-0.4, -0.2) is 40.2 Å². The molecule has 0 aliphatic carbocycles. The first-order valence-electron chi connectivity index (χ1n) is 7.30. The molecule has 0 saturated carbocycles. The molecule has 0 amide bonds. The number of nitrogens with zero attached hydrogens (tertiary/aromatic N) is 2. The molecule has 2 aromatic rings. The largest absolute Gasteiger partial charge is 0.477 e. The Labute approximate surface area is 133 Å². The van der Waals surface area contributed by atoms with Crippen LogP contribution in [0, 0.1) is 0 Å². The lowest BCUT2D eigenvalue weighted by molar-refractivity contribution is -0.140. The monoisotopic (exact) mass is 314 g/mol. The van der Waals surface area contributed by atoms with Gasteiger partial charge in [0.05, 0.1) is 11.2 Å². The van der Waals surface area contributed by atoms with Gasteiger partial charge in [0.1, 0.15) is 5.57 Å². The van der Waals surface area contributed by atoms with E-state index in [0.717, 1.165) is 30.2 Å². The van der Waals surface area contributed by atoms with Gasteiger partial charge in [-0.2, -0.15) is 0 Å². The minimum Gasteiger partial charge on any atom is -0.477 e. The molecule has 23 heavy (non-hydrogen) atoms. The first-order valence-corrected chi connectivity index (χ1v) is 7.30. The van der Waals surface area contributed by atoms with E-state index in [0.29, 0.717) is 11.2 Å². The molecule has 6 nitrogen and oxygen atoms in total. The SMILES string of the molecule is CCN(CC)c1ccc2nc(C=C(C(=O)O)C(=O)O)ccc2c1. The highest BCUT2D eigenvalue weighted by Crippen LogP contribution is 2.22. The van der Waals surface area contributed by atoms with E-state index >= 15 is 0 Å². The number of aromatic nitrogens is 1. The Bertz CT molecular complexity index is 763. The third kappa shape index (κ3) is 3.66. The number of rotatable bonds is 6. The number of hydrogen-bond acceptors (Lipinski definition) is 4. The van der Waals surface area contributed by atoms with Gasteiger partial charge in [0.2, 0.25) is 0 Å². The smallest absolute Gasteiger partial charge is 0.343 e. The standard InChI is InChI=1S/C17H18N2O4/c1-3-19(4-2)13-7-8-15-11(9-13)5-6-12(18-15)10-14(16(20)21)17(22)23/h5-10H,3-4H2,1-2H3,(H,20,21)(H,22,23). The van der Waals surface area contributed by atoms with Crippen LogP contribution in [0.3, 0.4) is 0 Å². The third-order valence-corrected chi connectivity index (χ3v) is 3.58. The first kappa shape index (κ1) is 16.5. The van der Waals surface area contributed by atoms with Gasteiger partial charge < -0.3 is 15.1 Å². The van der Waals surface area contributed by atoms with Crippen molar-refractivity contribution in [1.82, 2.24) is 4.98 Å². The second-order valence-electron chi connectivity index (χ2n) is 4.95. The molecule has 0 bridgehead atoms. The van der Waals surface area contributed by atoms with Crippen LogP contribution >= 0.6 is 0 Å². The van der Waals surface area contributed by atoms with E-state index in [-0.39, 0.29) is 0 Å². The Morgan fingerprint density at radius 2 is 1.74 bits per heavy atom. The number of benzene rings is 1. The molecule has 0 fully saturated rings. The third-order valence-electron chi connectivity index (χ3n) is 3.58. The summed E-state index contributed by atoms with van der Waals surface area (Å²) >= 11 is 0. The lowest BCUT2D eigenvalue weighted by atomic mass is 10.1. The Kier molecular flexibility index (Phi) is 4.95. The van der Waals surface area contributed by atoms with Crippen LogP contribution in [0.2, 0.25) is 0 Å². The van der Waals surface area contributed by atoms with E-state index in [4.69, 9.17) is 10.2 Å². The van der Waals surface area contributed by atoms with Crippen LogP contribution in [-0.2, 0) is 9.59 Å². The molecular formula is C17H18N2O4. The van der Waals surface area contributed by atoms with Gasteiger partial charge in [-0.15, -0.1) is 0 Å². The zero-order valence-corrected chi connectivity index (χ0v) is 13.0. The lowest BCUT2D eigenvalue weighted by Crippen LogP contribution is -2.21. The lowest BCUT2D eigenvalue weighted by Gasteiger charge is -2.21. The van der Waals surface area contributed by atoms with Gasteiger partial charge in [-0.1, -0.05) is 6.07 Å². The average Bonchev–Trinajstić information content (AvgIpc) is 2.53. The maximum absolute atomic E-state index is 10.9. The number of carboxylic acids is 2. The van der Waals surface area contributed by atoms with Gasteiger partial charge in [-0.3, -0.25) is 0 Å². The number of carboxylic acid groups (broad SMARTS) is 2. The number of hydrogen-bond donors (Lipinski definition) is 2. The van der Waals surface area contributed by atoms with Crippen molar-refractivity contribution >= 4 is 34.6 Å². The highest BCUT2D eigenvalue weighted by molar-refractivity contribution is 6.16. The Morgan fingerprint density at radius 3 is 2.30 bits per heavy atom. The summed E-state index contributed by atoms with van der Waals surface area (Å²) in [6.07, 6.45) is 1.06. The van der Waals surface area contributed by atoms with Gasteiger partial charge in [0.25, 0.3) is 0 Å². The van der Waals surface area contributed by atoms with Crippen molar-refractivity contribution in [3.8, 4) is 0 Å². The molecule has 0 saturated heterocycles. The average molecular weight is 314 g/mol. The fourth-order valence-electron chi connectivity index (χ4n) is 2.36. The van der Waals surface area contributed by atoms with Crippen molar-refractivity contribution in [3.63, 3.8) is 0 Å². The van der Waals surface area contributed by atoms with Crippen molar-refractivity contribution in [2.24, 2.45) is 0 Å². The summed E-state index contributed by atoms with van der Waals surface area (Å²) in [7, 11) is 0. The van der Waals surface area contributed by atoms with Crippen molar-refractivity contribution in [3.05, 3.63) is 41.6 Å². The molecule has 1 aromatic carbocycles. The summed E-state index contributed by atoms with van der Waals surface area (Å²) < 4.78 is 0. The minimum atomic E-state index is -1.49. The van der Waals surface area contributed by atoms with E-state index in [9.17, 15) is 9.59 Å². The number of aliphatic carboxylic acids is 2. The van der Waals surface area contributed by atoms with Crippen LogP contribution in [0.15, 0.2) is 35.9 Å². The van der Waals surface area contributed by atoms with Gasteiger partial charge in [-0.25, -0.2) is 14.6 Å². The quantitative estimate of drug-likeness (QED) is 0.484. The van der Waals surface area contributed by atoms with Crippen LogP contribution < -0.4 is 4.90 Å². The van der Waals surface area contributed by atoms with Gasteiger partial charge in [-0.05, 0) is 44.2 Å². The van der Waals surface area contributed by atoms with Gasteiger partial charge >= 0.3 is 11.9 Å². The van der Waals surface area contributed by atoms with Crippen LogP contribution in [0.5, 0.6) is 0 Å². The second-order valence-corrected chi connectivity index (χ2v) is 4.95. The molecule has 1 aromatic heterocycles. The number of pyridine rings is 1. The summed E-state index contributed by atoms with van der Waals surface area (Å²) in [5.41, 5.74) is 1.36. The molecule has 0 aliphatic heterocycles. The number of anilines is 1. The van der Waals surface area contributed by atoms with Crippen molar-refractivity contribution < 1.29 is 19.8 Å². The first-order chi connectivity index (χ1) is 11.0. The predicted octanol–water partition coefficient (Wildman–Crippen LogP) is 2.63. The van der Waals surface area contributed by atoms with E-state index in [1.807, 2.05) is 24.3 Å². The molecule has 0 atom stereocenters. The summed E-state index contributed by atoms with van der Waals surface area (Å²) in [6.45, 7) is 5.96. The van der Waals surface area contributed by atoms with E-state index in [1.165, 1.54) is 0 Å². The zero-order chi connectivity index (χ0) is 17.0. The Hall–Kier alpha value is -2.89. The zero-order valence-electron chi connectivity index (χ0n) is 13.0. The molecule has 2 rings (SSSR count). The Morgan fingerprint density at radius 1 is 1.09 bits per heavy atom. The molecule has 0 unspecified atom stereocenters. The highest BCUT2D eigenvalue weighted by Gasteiger charge is 2.16. The summed E-state index contributed by atoms with van der Waals surface area (Å²) in [4.78, 5) is 28.3. The normalized spacial score (nSPS) is 10.3.